The molecule has 0 radical (unpaired) electrons. The Hall–Kier alpha value is -0.220. The number of aromatic carboxylic acids is 1. The number of hydrogen-bond acceptors (Lipinski definition) is 2. The van der Waals surface area contributed by atoms with Crippen LogP contribution in [0.25, 0.3) is 0 Å². The van der Waals surface area contributed by atoms with E-state index in [4.69, 9.17) is 18.1 Å². The number of halogens is 1. The van der Waals surface area contributed by atoms with Gasteiger partial charge >= 0.3 is 40.5 Å². The Morgan fingerprint density at radius 1 is 1.33 bits per heavy atom. The van der Waals surface area contributed by atoms with Gasteiger partial charge in [-0.3, -0.25) is 0 Å². The van der Waals surface area contributed by atoms with Crippen molar-refractivity contribution in [3.8, 4) is 5.75 Å². The summed E-state index contributed by atoms with van der Waals surface area (Å²) in [5, 5.41) is 17.3. The molecule has 0 fully saturated rings. The summed E-state index contributed by atoms with van der Waals surface area (Å²) in [6.45, 7) is 0. The van der Waals surface area contributed by atoms with E-state index in [9.17, 15) is 4.79 Å². The molecule has 0 aliphatic heterocycles. The second-order valence-electron chi connectivity index (χ2n) is 1.82. The van der Waals surface area contributed by atoms with Gasteiger partial charge in [0.05, 0.1) is 0 Å². The standard InChI is InChI=1S/C7H6O3.ClH.Na/c8-6-4-2-1-3-5(6)7(9)10;;/h1-4,8H,(H,9,10);1H;/q;;+1/p-1. The Labute approximate surface area is 90.7 Å². The predicted molar refractivity (Wildman–Crippen MR) is 46.7 cm³/mol. The second-order valence-corrected chi connectivity index (χ2v) is 1.82. The average Bonchev–Trinajstić information content (AvgIpc) is 2.08. The molecule has 0 saturated carbocycles. The van der Waals surface area contributed by atoms with E-state index in [1.165, 1.54) is 12.1 Å². The molecular formula is C7H6ClNaO3. The Morgan fingerprint density at radius 2 is 1.83 bits per heavy atom. The normalized spacial score (nSPS) is 8.25. The van der Waals surface area contributed by atoms with Crippen LogP contribution in [0, 0.1) is 0 Å². The molecule has 0 aromatic heterocycles. The van der Waals surface area contributed by atoms with Crippen molar-refractivity contribution in [1.82, 2.24) is 0 Å². The molecule has 3 nitrogen and oxygen atoms in total. The van der Waals surface area contributed by atoms with Crippen LogP contribution in [0.3, 0.4) is 0 Å². The third-order valence-corrected chi connectivity index (χ3v) is 1.13. The molecular weight excluding hydrogens is 191 g/mol. The van der Waals surface area contributed by atoms with Crippen LogP contribution in [0.5, 0.6) is 5.75 Å². The molecule has 0 aliphatic rings. The fourth-order valence-corrected chi connectivity index (χ4v) is 0.654. The fourth-order valence-electron chi connectivity index (χ4n) is 0.654. The van der Waals surface area contributed by atoms with Crippen molar-refractivity contribution >= 4 is 40.5 Å². The first-order chi connectivity index (χ1) is 5.72. The Kier molecular flexibility index (Phi) is 6.20. The van der Waals surface area contributed by atoms with Gasteiger partial charge in [0.25, 0.3) is 0 Å². The van der Waals surface area contributed by atoms with Crippen LogP contribution in [-0.4, -0.2) is 42.8 Å². The molecule has 0 spiro atoms. The second kappa shape index (κ2) is 6.31. The summed E-state index contributed by atoms with van der Waals surface area (Å²) < 4.78 is 0. The van der Waals surface area contributed by atoms with Gasteiger partial charge < -0.3 is 10.2 Å². The van der Waals surface area contributed by atoms with Crippen LogP contribution in [0.2, 0.25) is 0 Å². The fraction of sp³-hybridized carbons (Fsp3) is 0. The maximum atomic E-state index is 10.3. The summed E-state index contributed by atoms with van der Waals surface area (Å²) in [5.74, 6) is -1.31. The maximum absolute atomic E-state index is 10.3. The zero-order valence-electron chi connectivity index (χ0n) is 6.49. The number of aromatic hydroxyl groups is 1. The Bertz CT molecular complexity index is 265. The van der Waals surface area contributed by atoms with E-state index < -0.39 is 5.97 Å². The molecule has 5 heteroatoms. The molecule has 0 heterocycles. The molecule has 0 bridgehead atoms. The van der Waals surface area contributed by atoms with Crippen molar-refractivity contribution in [3.05, 3.63) is 29.8 Å². The van der Waals surface area contributed by atoms with E-state index >= 15 is 0 Å². The molecule has 0 atom stereocenters. The number of hydrogen-bond donors (Lipinski definition) is 2. The van der Waals surface area contributed by atoms with E-state index in [0.29, 0.717) is 0 Å². The number of carboxylic acids is 1. The van der Waals surface area contributed by atoms with Gasteiger partial charge in [0.2, 0.25) is 0 Å². The summed E-state index contributed by atoms with van der Waals surface area (Å²) in [4.78, 5) is 10.3. The van der Waals surface area contributed by atoms with E-state index in [1.54, 1.807) is 12.1 Å². The number of phenols is 1. The topological polar surface area (TPSA) is 57.5 Å². The van der Waals surface area contributed by atoms with Gasteiger partial charge in [-0.1, -0.05) is 12.1 Å². The van der Waals surface area contributed by atoms with Crippen LogP contribution in [0.1, 0.15) is 10.4 Å². The van der Waals surface area contributed by atoms with Gasteiger partial charge in [0.15, 0.2) is 0 Å². The molecule has 1 rings (SSSR count). The first-order valence-electron chi connectivity index (χ1n) is 3.11. The summed E-state index contributed by atoms with van der Waals surface area (Å²) in [6.07, 6.45) is 0. The number of para-hydroxylation sites is 1. The number of carbonyl (C=O) groups is 1. The SMILES string of the molecule is O=C(O)c1ccccc1O.[Na][Cl]. The van der Waals surface area contributed by atoms with Crippen LogP contribution in [-0.2, 0) is 0 Å². The minimum atomic E-state index is -1.11. The molecule has 1 aromatic carbocycles. The van der Waals surface area contributed by atoms with Crippen molar-refractivity contribution in [2.75, 3.05) is 0 Å². The van der Waals surface area contributed by atoms with Crippen LogP contribution < -0.4 is 0 Å². The Morgan fingerprint density at radius 3 is 2.17 bits per heavy atom. The summed E-state index contributed by atoms with van der Waals surface area (Å²) in [7, 11) is 4.78. The Balaban J connectivity index is 0.000000561. The molecule has 0 unspecified atom stereocenters. The molecule has 0 aliphatic carbocycles. The predicted octanol–water partition coefficient (Wildman–Crippen LogP) is 1.40. The molecule has 0 saturated heterocycles. The van der Waals surface area contributed by atoms with Gasteiger partial charge in [-0.05, 0) is 12.1 Å². The van der Waals surface area contributed by atoms with Crippen molar-refractivity contribution in [2.24, 2.45) is 0 Å². The average molecular weight is 197 g/mol. The van der Waals surface area contributed by atoms with Crippen LogP contribution in [0.15, 0.2) is 24.3 Å². The van der Waals surface area contributed by atoms with Crippen molar-refractivity contribution in [1.29, 1.82) is 0 Å². The summed E-state index contributed by atoms with van der Waals surface area (Å²) >= 11 is 0.778. The molecule has 2 N–H and O–H groups in total. The summed E-state index contributed by atoms with van der Waals surface area (Å²) in [5.41, 5.74) is -0.0671. The van der Waals surface area contributed by atoms with Crippen molar-refractivity contribution in [2.45, 2.75) is 0 Å². The molecule has 12 heavy (non-hydrogen) atoms. The zero-order valence-corrected chi connectivity index (χ0v) is 9.25. The number of rotatable bonds is 1. The third kappa shape index (κ3) is 3.45. The van der Waals surface area contributed by atoms with Gasteiger partial charge in [-0.25, -0.2) is 4.79 Å². The first-order valence-corrected chi connectivity index (χ1v) is 6.13. The van der Waals surface area contributed by atoms with Crippen molar-refractivity contribution in [3.63, 3.8) is 0 Å². The quantitative estimate of drug-likeness (QED) is 0.668. The molecule has 1 aromatic rings. The van der Waals surface area contributed by atoms with E-state index in [-0.39, 0.29) is 11.3 Å². The van der Waals surface area contributed by atoms with Crippen LogP contribution in [0.4, 0.5) is 0 Å². The third-order valence-electron chi connectivity index (χ3n) is 1.13. The number of benzene rings is 1. The number of carboxylic acid groups (broad SMARTS) is 1. The molecule has 60 valence electrons. The minimum absolute atomic E-state index is 0.0671. The van der Waals surface area contributed by atoms with Gasteiger partial charge in [0, 0.05) is 0 Å². The van der Waals surface area contributed by atoms with E-state index in [1.807, 2.05) is 0 Å². The van der Waals surface area contributed by atoms with E-state index in [0.717, 1.165) is 26.6 Å². The van der Waals surface area contributed by atoms with Crippen molar-refractivity contribution < 1.29 is 15.0 Å². The monoisotopic (exact) mass is 196 g/mol. The van der Waals surface area contributed by atoms with Crippen LogP contribution >= 0.6 is 7.91 Å². The van der Waals surface area contributed by atoms with Gasteiger partial charge in [-0.15, -0.1) is 0 Å². The first kappa shape index (κ1) is 11.8. The van der Waals surface area contributed by atoms with Gasteiger partial charge in [-0.2, -0.15) is 0 Å². The van der Waals surface area contributed by atoms with Gasteiger partial charge in [0.1, 0.15) is 11.3 Å². The van der Waals surface area contributed by atoms with E-state index in [2.05, 4.69) is 0 Å². The zero-order chi connectivity index (χ0) is 9.56. The molecule has 0 amide bonds. The summed E-state index contributed by atoms with van der Waals surface area (Å²) in [6, 6.07) is 5.81.